The van der Waals surface area contributed by atoms with E-state index in [1.165, 1.54) is 0 Å². The Morgan fingerprint density at radius 3 is 2.60 bits per heavy atom. The summed E-state index contributed by atoms with van der Waals surface area (Å²) >= 11 is 1.03. The molecule has 0 spiro atoms. The summed E-state index contributed by atoms with van der Waals surface area (Å²) in [6.07, 6.45) is -0.762. The van der Waals surface area contributed by atoms with Crippen molar-refractivity contribution < 1.29 is 19.1 Å². The summed E-state index contributed by atoms with van der Waals surface area (Å²) in [5.41, 5.74) is 0.756. The van der Waals surface area contributed by atoms with Gasteiger partial charge in [0.15, 0.2) is 6.10 Å². The van der Waals surface area contributed by atoms with Crippen molar-refractivity contribution >= 4 is 28.2 Å². The Bertz CT molecular complexity index is 808. The van der Waals surface area contributed by atoms with E-state index in [2.05, 4.69) is 5.32 Å². The number of nitrogens with zero attached hydrogens (tertiary/aromatic N) is 1. The molecule has 1 aromatic carbocycles. The van der Waals surface area contributed by atoms with E-state index in [4.69, 9.17) is 9.47 Å². The monoisotopic (exact) mass is 358 g/mol. The van der Waals surface area contributed by atoms with Crippen LogP contribution in [-0.2, 0) is 9.53 Å². The fraction of sp³-hybridized carbons (Fsp3) is 0.278. The predicted octanol–water partition coefficient (Wildman–Crippen LogP) is 3.51. The zero-order valence-corrected chi connectivity index (χ0v) is 15.0. The minimum atomic E-state index is -0.762. The van der Waals surface area contributed by atoms with Gasteiger partial charge in [0, 0.05) is 0 Å². The second-order valence-corrected chi connectivity index (χ2v) is 6.18. The number of benzene rings is 1. The number of hydrogen-bond donors (Lipinski definition) is 1. The number of carbonyl (C=O) groups excluding carboxylic acids is 2. The second kappa shape index (κ2) is 8.31. The number of carbonyl (C=O) groups is 2. The van der Waals surface area contributed by atoms with Crippen molar-refractivity contribution in [1.29, 1.82) is 5.26 Å². The minimum Gasteiger partial charge on any atom is -0.481 e. The van der Waals surface area contributed by atoms with E-state index in [0.717, 1.165) is 11.3 Å². The lowest BCUT2D eigenvalue weighted by Gasteiger charge is -2.14. The van der Waals surface area contributed by atoms with E-state index in [1.807, 2.05) is 24.3 Å². The zero-order chi connectivity index (χ0) is 18.4. The van der Waals surface area contributed by atoms with Crippen LogP contribution in [0, 0.1) is 18.3 Å². The molecule has 0 bridgehead atoms. The summed E-state index contributed by atoms with van der Waals surface area (Å²) in [5.74, 6) is -0.340. The Morgan fingerprint density at radius 2 is 2.00 bits per heavy atom. The number of amides is 1. The maximum atomic E-state index is 12.3. The first-order valence-corrected chi connectivity index (χ1v) is 8.52. The lowest BCUT2D eigenvalue weighted by molar-refractivity contribution is -0.122. The number of esters is 1. The second-order valence-electron chi connectivity index (χ2n) is 5.15. The van der Waals surface area contributed by atoms with Gasteiger partial charge < -0.3 is 14.8 Å². The van der Waals surface area contributed by atoms with Crippen LogP contribution in [0.15, 0.2) is 30.3 Å². The van der Waals surface area contributed by atoms with Gasteiger partial charge in [-0.3, -0.25) is 4.79 Å². The number of para-hydroxylation sites is 1. The van der Waals surface area contributed by atoms with E-state index in [9.17, 15) is 14.9 Å². The highest BCUT2D eigenvalue weighted by Gasteiger charge is 2.24. The summed E-state index contributed by atoms with van der Waals surface area (Å²) in [5, 5.41) is 12.3. The van der Waals surface area contributed by atoms with Crippen molar-refractivity contribution in [3.63, 3.8) is 0 Å². The molecule has 0 fully saturated rings. The van der Waals surface area contributed by atoms with Gasteiger partial charge in [-0.25, -0.2) is 4.79 Å². The molecule has 1 unspecified atom stereocenters. The first kappa shape index (κ1) is 18.5. The molecule has 0 saturated heterocycles. The Kier molecular flexibility index (Phi) is 6.14. The topological polar surface area (TPSA) is 88.4 Å². The smallest absolute Gasteiger partial charge is 0.348 e. The van der Waals surface area contributed by atoms with E-state index in [1.54, 1.807) is 32.9 Å². The Balaban J connectivity index is 2.16. The van der Waals surface area contributed by atoms with E-state index < -0.39 is 18.0 Å². The fourth-order valence-electron chi connectivity index (χ4n) is 2.10. The summed E-state index contributed by atoms with van der Waals surface area (Å²) in [6, 6.07) is 11.0. The molecule has 1 aromatic heterocycles. The molecule has 6 nitrogen and oxygen atoms in total. The molecular formula is C18H18N2O4S. The molecule has 1 N–H and O–H groups in total. The molecule has 2 rings (SSSR count). The average Bonchev–Trinajstić information content (AvgIpc) is 2.91. The van der Waals surface area contributed by atoms with Crippen molar-refractivity contribution in [2.45, 2.75) is 26.9 Å². The Hall–Kier alpha value is -2.85. The maximum Gasteiger partial charge on any atom is 0.348 e. The average molecular weight is 358 g/mol. The maximum absolute atomic E-state index is 12.3. The fourth-order valence-corrected chi connectivity index (χ4v) is 3.15. The third kappa shape index (κ3) is 4.37. The first-order valence-electron chi connectivity index (χ1n) is 7.71. The van der Waals surface area contributed by atoms with Crippen LogP contribution in [0.3, 0.4) is 0 Å². The van der Waals surface area contributed by atoms with Crippen LogP contribution in [0.4, 0.5) is 5.00 Å². The van der Waals surface area contributed by atoms with Gasteiger partial charge in [-0.15, -0.1) is 11.3 Å². The number of anilines is 1. The van der Waals surface area contributed by atoms with E-state index in [0.29, 0.717) is 21.2 Å². The van der Waals surface area contributed by atoms with Gasteiger partial charge in [0.2, 0.25) is 0 Å². The van der Waals surface area contributed by atoms with E-state index >= 15 is 0 Å². The van der Waals surface area contributed by atoms with Gasteiger partial charge in [0.1, 0.15) is 21.7 Å². The summed E-state index contributed by atoms with van der Waals surface area (Å²) in [4.78, 5) is 24.6. The van der Waals surface area contributed by atoms with E-state index in [-0.39, 0.29) is 12.2 Å². The molecule has 2 aromatic rings. The summed E-state index contributed by atoms with van der Waals surface area (Å²) in [6.45, 7) is 5.21. The first-order chi connectivity index (χ1) is 12.0. The van der Waals surface area contributed by atoms with Crippen LogP contribution < -0.4 is 10.1 Å². The van der Waals surface area contributed by atoms with Crippen molar-refractivity contribution in [2.75, 3.05) is 11.9 Å². The quantitative estimate of drug-likeness (QED) is 0.798. The molecule has 1 amide bonds. The molecule has 1 atom stereocenters. The standard InChI is InChI=1S/C18H18N2O4S/c1-4-23-18(22)15-11(2)14(10-19)17(25-15)20-16(21)12(3)24-13-8-6-5-7-9-13/h5-9,12H,4H2,1-3H3,(H,20,21). The lowest BCUT2D eigenvalue weighted by atomic mass is 10.2. The third-order valence-electron chi connectivity index (χ3n) is 3.38. The van der Waals surface area contributed by atoms with Gasteiger partial charge in [-0.2, -0.15) is 5.26 Å². The summed E-state index contributed by atoms with van der Waals surface area (Å²) in [7, 11) is 0. The molecule has 25 heavy (non-hydrogen) atoms. The summed E-state index contributed by atoms with van der Waals surface area (Å²) < 4.78 is 10.5. The number of rotatable bonds is 6. The zero-order valence-electron chi connectivity index (χ0n) is 14.2. The number of ether oxygens (including phenoxy) is 2. The van der Waals surface area contributed by atoms with Crippen molar-refractivity contribution in [2.24, 2.45) is 0 Å². The number of nitrogens with one attached hydrogen (secondary N) is 1. The van der Waals surface area contributed by atoms with Gasteiger partial charge in [0.25, 0.3) is 5.91 Å². The SMILES string of the molecule is CCOC(=O)c1sc(NC(=O)C(C)Oc2ccccc2)c(C#N)c1C. The third-order valence-corrected chi connectivity index (χ3v) is 4.57. The minimum absolute atomic E-state index is 0.238. The molecule has 1 heterocycles. The molecule has 0 aliphatic rings. The predicted molar refractivity (Wildman–Crippen MR) is 94.9 cm³/mol. The highest BCUT2D eigenvalue weighted by Crippen LogP contribution is 2.33. The number of hydrogen-bond acceptors (Lipinski definition) is 6. The van der Waals surface area contributed by atoms with Crippen LogP contribution in [0.25, 0.3) is 0 Å². The van der Waals surface area contributed by atoms with Crippen LogP contribution in [0.1, 0.15) is 34.6 Å². The molecule has 0 radical (unpaired) electrons. The van der Waals surface area contributed by atoms with Gasteiger partial charge in [-0.05, 0) is 38.5 Å². The number of thiophene rings is 1. The lowest BCUT2D eigenvalue weighted by Crippen LogP contribution is -2.30. The number of nitriles is 1. The van der Waals surface area contributed by atoms with Crippen LogP contribution in [0.2, 0.25) is 0 Å². The molecule has 130 valence electrons. The molecule has 0 saturated carbocycles. The van der Waals surface area contributed by atoms with Gasteiger partial charge >= 0.3 is 5.97 Å². The highest BCUT2D eigenvalue weighted by molar-refractivity contribution is 7.18. The van der Waals surface area contributed by atoms with Crippen LogP contribution in [-0.4, -0.2) is 24.6 Å². The van der Waals surface area contributed by atoms with Crippen molar-refractivity contribution in [1.82, 2.24) is 0 Å². The van der Waals surface area contributed by atoms with Gasteiger partial charge in [0.05, 0.1) is 12.2 Å². The Morgan fingerprint density at radius 1 is 1.32 bits per heavy atom. The molecule has 0 aliphatic heterocycles. The van der Waals surface area contributed by atoms with Crippen molar-refractivity contribution in [3.05, 3.63) is 46.3 Å². The highest BCUT2D eigenvalue weighted by atomic mass is 32.1. The van der Waals surface area contributed by atoms with Crippen LogP contribution in [0.5, 0.6) is 5.75 Å². The van der Waals surface area contributed by atoms with Crippen LogP contribution >= 0.6 is 11.3 Å². The van der Waals surface area contributed by atoms with Gasteiger partial charge in [-0.1, -0.05) is 18.2 Å². The van der Waals surface area contributed by atoms with Crippen molar-refractivity contribution in [3.8, 4) is 11.8 Å². The molecule has 7 heteroatoms. The largest absolute Gasteiger partial charge is 0.481 e. The molecule has 0 aliphatic carbocycles. The molecular weight excluding hydrogens is 340 g/mol. The Labute approximate surface area is 150 Å². The normalized spacial score (nSPS) is 11.3.